The first-order valence-electron chi connectivity index (χ1n) is 6.82. The smallest absolute Gasteiger partial charge is 0.234 e. The molecule has 0 saturated carbocycles. The molecular weight excluding hydrogens is 340 g/mol. The lowest BCUT2D eigenvalue weighted by atomic mass is 10.3. The van der Waals surface area contributed by atoms with Gasteiger partial charge in [-0.15, -0.1) is 10.2 Å². The van der Waals surface area contributed by atoms with E-state index in [4.69, 9.17) is 16.3 Å². The highest BCUT2D eigenvalue weighted by molar-refractivity contribution is 7.99. The van der Waals surface area contributed by atoms with E-state index in [0.29, 0.717) is 22.6 Å². The van der Waals surface area contributed by atoms with Crippen LogP contribution >= 0.6 is 34.7 Å². The molecule has 1 aromatic carbocycles. The minimum Gasteiger partial charge on any atom is -0.485 e. The van der Waals surface area contributed by atoms with Crippen LogP contribution in [-0.2, 0) is 12.4 Å². The molecule has 0 unspecified atom stereocenters. The normalized spacial score (nSPS) is 11.5. The second-order valence-electron chi connectivity index (χ2n) is 4.89. The number of fused-ring (bicyclic) bond motifs is 1. The lowest BCUT2D eigenvalue weighted by Gasteiger charge is -2.05. The Hall–Kier alpha value is -1.31. The predicted octanol–water partition coefficient (Wildman–Crippen LogP) is 4.06. The molecule has 22 heavy (non-hydrogen) atoms. The summed E-state index contributed by atoms with van der Waals surface area (Å²) in [4.78, 5) is 0.789. The van der Waals surface area contributed by atoms with Gasteiger partial charge in [0.2, 0.25) is 4.96 Å². The monoisotopic (exact) mass is 354 g/mol. The van der Waals surface area contributed by atoms with Gasteiger partial charge in [0.05, 0.1) is 10.8 Å². The van der Waals surface area contributed by atoms with Crippen molar-refractivity contribution in [2.24, 2.45) is 0 Å². The van der Waals surface area contributed by atoms with Crippen LogP contribution in [0.1, 0.15) is 24.7 Å². The highest BCUT2D eigenvalue weighted by Gasteiger charge is 2.13. The number of hydrogen-bond acceptors (Lipinski definition) is 6. The number of benzene rings is 1. The van der Waals surface area contributed by atoms with Gasteiger partial charge in [-0.05, 0) is 17.4 Å². The number of hydrogen-bond donors (Lipinski definition) is 0. The van der Waals surface area contributed by atoms with Crippen molar-refractivity contribution >= 4 is 39.7 Å². The molecule has 0 atom stereocenters. The molecule has 8 heteroatoms. The highest BCUT2D eigenvalue weighted by Crippen LogP contribution is 2.25. The highest BCUT2D eigenvalue weighted by atomic mass is 35.5. The van der Waals surface area contributed by atoms with Crippen molar-refractivity contribution in [3.05, 3.63) is 40.1 Å². The molecule has 0 aliphatic carbocycles. The first kappa shape index (κ1) is 15.6. The summed E-state index contributed by atoms with van der Waals surface area (Å²) in [6.07, 6.45) is 0. The Kier molecular flexibility index (Phi) is 4.85. The Morgan fingerprint density at radius 3 is 2.91 bits per heavy atom. The summed E-state index contributed by atoms with van der Waals surface area (Å²) in [5.74, 6) is 2.33. The summed E-state index contributed by atoms with van der Waals surface area (Å²) < 4.78 is 7.51. The lowest BCUT2D eigenvalue weighted by molar-refractivity contribution is 0.304. The number of aromatic nitrogens is 4. The molecule has 0 saturated heterocycles. The Balaban J connectivity index is 1.71. The van der Waals surface area contributed by atoms with E-state index in [9.17, 15) is 0 Å². The van der Waals surface area contributed by atoms with Crippen LogP contribution in [0.4, 0.5) is 0 Å². The zero-order valence-electron chi connectivity index (χ0n) is 12.2. The third-order valence-electron chi connectivity index (χ3n) is 2.83. The van der Waals surface area contributed by atoms with Gasteiger partial charge in [0.25, 0.3) is 0 Å². The molecule has 5 nitrogen and oxygen atoms in total. The summed E-state index contributed by atoms with van der Waals surface area (Å²) in [6.45, 7) is 4.69. The number of ether oxygens (including phenoxy) is 1. The van der Waals surface area contributed by atoms with Gasteiger partial charge in [0.1, 0.15) is 12.4 Å². The van der Waals surface area contributed by atoms with Crippen LogP contribution < -0.4 is 4.74 Å². The van der Waals surface area contributed by atoms with Crippen molar-refractivity contribution < 1.29 is 4.74 Å². The predicted molar refractivity (Wildman–Crippen MR) is 90.9 cm³/mol. The maximum atomic E-state index is 6.07. The number of halogens is 1. The molecule has 3 rings (SSSR count). The van der Waals surface area contributed by atoms with Crippen LogP contribution in [0.3, 0.4) is 0 Å². The summed E-state index contributed by atoms with van der Waals surface area (Å²) in [7, 11) is 0. The van der Waals surface area contributed by atoms with Gasteiger partial charge in [0.15, 0.2) is 10.8 Å². The Labute approximate surface area is 141 Å². The van der Waals surface area contributed by atoms with Crippen molar-refractivity contribution in [3.8, 4) is 5.75 Å². The summed E-state index contributed by atoms with van der Waals surface area (Å²) in [6, 6.07) is 7.40. The van der Waals surface area contributed by atoms with Gasteiger partial charge in [-0.25, -0.2) is 0 Å². The lowest BCUT2D eigenvalue weighted by Crippen LogP contribution is -2.00. The maximum absolute atomic E-state index is 6.07. The van der Waals surface area contributed by atoms with Gasteiger partial charge in [-0.1, -0.05) is 48.9 Å². The van der Waals surface area contributed by atoms with Gasteiger partial charge in [-0.3, -0.25) is 0 Å². The van der Waals surface area contributed by atoms with E-state index in [1.54, 1.807) is 10.6 Å². The molecule has 0 aliphatic heterocycles. The van der Waals surface area contributed by atoms with Crippen LogP contribution in [0.15, 0.2) is 24.3 Å². The van der Waals surface area contributed by atoms with E-state index in [-0.39, 0.29) is 0 Å². The summed E-state index contributed by atoms with van der Waals surface area (Å²) in [5.41, 5.74) is 0. The Morgan fingerprint density at radius 1 is 1.32 bits per heavy atom. The molecule has 0 aliphatic rings. The minimum absolute atomic E-state index is 0.370. The van der Waals surface area contributed by atoms with Gasteiger partial charge >= 0.3 is 0 Å². The number of nitrogens with zero attached hydrogens (tertiary/aromatic N) is 4. The fraction of sp³-hybridized carbons (Fsp3) is 0.357. The van der Waals surface area contributed by atoms with Crippen molar-refractivity contribution in [3.63, 3.8) is 0 Å². The molecule has 2 heterocycles. The fourth-order valence-corrected chi connectivity index (χ4v) is 3.41. The standard InChI is InChI=1S/C14H15ClN4OS2/c1-9(2)21-8-12-16-17-14-19(12)18-13(22-14)7-20-11-6-4-3-5-10(11)15/h3-6,9H,7-8H2,1-2H3. The van der Waals surface area contributed by atoms with E-state index >= 15 is 0 Å². The number of thioether (sulfide) groups is 1. The Bertz CT molecular complexity index is 771. The van der Waals surface area contributed by atoms with Gasteiger partial charge in [-0.2, -0.15) is 21.4 Å². The van der Waals surface area contributed by atoms with E-state index in [2.05, 4.69) is 29.1 Å². The number of para-hydroxylation sites is 1. The Morgan fingerprint density at radius 2 is 2.14 bits per heavy atom. The van der Waals surface area contributed by atoms with E-state index in [1.807, 2.05) is 30.0 Å². The second-order valence-corrected chi connectivity index (χ2v) is 7.90. The summed E-state index contributed by atoms with van der Waals surface area (Å²) in [5, 5.41) is 14.9. The number of rotatable bonds is 6. The van der Waals surface area contributed by atoms with Crippen LogP contribution in [0, 0.1) is 0 Å². The van der Waals surface area contributed by atoms with Crippen LogP contribution in [-0.4, -0.2) is 25.1 Å². The van der Waals surface area contributed by atoms with Crippen molar-refractivity contribution in [2.45, 2.75) is 31.5 Å². The van der Waals surface area contributed by atoms with E-state index < -0.39 is 0 Å². The second kappa shape index (κ2) is 6.85. The van der Waals surface area contributed by atoms with Crippen molar-refractivity contribution in [1.29, 1.82) is 0 Å². The van der Waals surface area contributed by atoms with Crippen LogP contribution in [0.5, 0.6) is 5.75 Å². The maximum Gasteiger partial charge on any atom is 0.234 e. The average Bonchev–Trinajstić information content (AvgIpc) is 3.04. The molecule has 2 aromatic heterocycles. The van der Waals surface area contributed by atoms with E-state index in [1.165, 1.54) is 11.3 Å². The molecule has 116 valence electrons. The fourth-order valence-electron chi connectivity index (χ4n) is 1.79. The zero-order valence-corrected chi connectivity index (χ0v) is 14.6. The van der Waals surface area contributed by atoms with Crippen LogP contribution in [0.25, 0.3) is 4.96 Å². The van der Waals surface area contributed by atoms with Gasteiger partial charge < -0.3 is 4.74 Å². The van der Waals surface area contributed by atoms with E-state index in [0.717, 1.165) is 21.5 Å². The molecule has 0 radical (unpaired) electrons. The molecule has 0 spiro atoms. The molecule has 0 fully saturated rings. The van der Waals surface area contributed by atoms with Gasteiger partial charge in [0, 0.05) is 0 Å². The molecule has 0 amide bonds. The molecule has 0 bridgehead atoms. The first-order valence-corrected chi connectivity index (χ1v) is 9.06. The topological polar surface area (TPSA) is 52.3 Å². The van der Waals surface area contributed by atoms with Crippen LogP contribution in [0.2, 0.25) is 5.02 Å². The molecule has 0 N–H and O–H groups in total. The minimum atomic E-state index is 0.370. The average molecular weight is 355 g/mol. The molecular formula is C14H15ClN4OS2. The largest absolute Gasteiger partial charge is 0.485 e. The third kappa shape index (κ3) is 3.53. The molecule has 3 aromatic rings. The van der Waals surface area contributed by atoms with Crippen molar-refractivity contribution in [1.82, 2.24) is 19.8 Å². The third-order valence-corrected chi connectivity index (χ3v) is 5.11. The quantitative estimate of drug-likeness (QED) is 0.668. The SMILES string of the molecule is CC(C)SCc1nnc2sc(COc3ccccc3Cl)nn12. The van der Waals surface area contributed by atoms with Crippen molar-refractivity contribution in [2.75, 3.05) is 0 Å². The summed E-state index contributed by atoms with van der Waals surface area (Å²) >= 11 is 9.37. The zero-order chi connectivity index (χ0) is 15.5. The first-order chi connectivity index (χ1) is 10.6.